The van der Waals surface area contributed by atoms with E-state index >= 15 is 0 Å². The lowest BCUT2D eigenvalue weighted by Gasteiger charge is -2.11. The van der Waals surface area contributed by atoms with Crippen molar-refractivity contribution in [3.05, 3.63) is 40.9 Å². The van der Waals surface area contributed by atoms with Gasteiger partial charge in [-0.25, -0.2) is 0 Å². The summed E-state index contributed by atoms with van der Waals surface area (Å²) < 4.78 is 11.7. The van der Waals surface area contributed by atoms with Crippen LogP contribution in [0.3, 0.4) is 0 Å². The molecule has 2 N–H and O–H groups in total. The summed E-state index contributed by atoms with van der Waals surface area (Å²) in [4.78, 5) is 32.3. The molecule has 0 bridgehead atoms. The molecule has 8 nitrogen and oxygen atoms in total. The minimum absolute atomic E-state index is 0.0316. The van der Waals surface area contributed by atoms with Crippen molar-refractivity contribution in [2.24, 2.45) is 0 Å². The molecular formula is C21H20N4O4S. The molecule has 2 aromatic heterocycles. The zero-order valence-corrected chi connectivity index (χ0v) is 17.5. The monoisotopic (exact) mass is 424 g/mol. The van der Waals surface area contributed by atoms with Crippen LogP contribution in [0.1, 0.15) is 26.3 Å². The van der Waals surface area contributed by atoms with E-state index in [4.69, 9.17) is 9.15 Å². The first-order valence-corrected chi connectivity index (χ1v) is 10.3. The van der Waals surface area contributed by atoms with Gasteiger partial charge in [0.25, 0.3) is 17.2 Å². The molecule has 3 aromatic rings. The number of pyridine rings is 1. The molecule has 1 aromatic carbocycles. The molecule has 4 rings (SSSR count). The van der Waals surface area contributed by atoms with Gasteiger partial charge in [0.2, 0.25) is 0 Å². The number of nitrogens with zero attached hydrogens (tertiary/aromatic N) is 2. The van der Waals surface area contributed by atoms with Crippen LogP contribution in [0.25, 0.3) is 28.4 Å². The van der Waals surface area contributed by atoms with E-state index in [1.54, 1.807) is 12.3 Å². The van der Waals surface area contributed by atoms with E-state index in [2.05, 4.69) is 20.6 Å². The summed E-state index contributed by atoms with van der Waals surface area (Å²) in [5.74, 6) is 0.206. The summed E-state index contributed by atoms with van der Waals surface area (Å²) in [7, 11) is 0. The summed E-state index contributed by atoms with van der Waals surface area (Å²) in [5.41, 5.74) is 3.53. The standard InChI is InChI=1S/C21H20N4O4S/c1-4-22-20-24-15-8-13(9-16(18(15)29-20)28-11(2)3)14-6-5-12(10-23-14)7-17-19(26)25-21(27)30-17/h5-11H,4H2,1-3H3,(H,22,24)(H,25,26,27)/b17-7-. The second kappa shape index (κ2) is 8.19. The van der Waals surface area contributed by atoms with Crippen LogP contribution in [-0.4, -0.2) is 33.8 Å². The number of anilines is 1. The van der Waals surface area contributed by atoms with Crippen molar-refractivity contribution >= 4 is 46.1 Å². The lowest BCUT2D eigenvalue weighted by Crippen LogP contribution is -2.17. The van der Waals surface area contributed by atoms with Crippen molar-refractivity contribution < 1.29 is 18.7 Å². The average Bonchev–Trinajstić information content (AvgIpc) is 3.24. The minimum atomic E-state index is -0.391. The number of imide groups is 1. The number of aromatic nitrogens is 2. The highest BCUT2D eigenvalue weighted by molar-refractivity contribution is 8.18. The maximum atomic E-state index is 11.7. The Labute approximate surface area is 177 Å². The number of hydrogen-bond acceptors (Lipinski definition) is 8. The van der Waals surface area contributed by atoms with Crippen molar-refractivity contribution in [3.8, 4) is 17.0 Å². The molecule has 0 spiro atoms. The number of carbonyl (C=O) groups is 2. The van der Waals surface area contributed by atoms with Gasteiger partial charge in [-0.1, -0.05) is 6.07 Å². The fourth-order valence-electron chi connectivity index (χ4n) is 2.95. The Morgan fingerprint density at radius 1 is 1.30 bits per heavy atom. The first kappa shape index (κ1) is 20.0. The molecule has 2 amide bonds. The van der Waals surface area contributed by atoms with Crippen LogP contribution in [-0.2, 0) is 4.79 Å². The third-order valence-corrected chi connectivity index (χ3v) is 4.98. The molecule has 0 radical (unpaired) electrons. The predicted octanol–water partition coefficient (Wildman–Crippen LogP) is 4.43. The summed E-state index contributed by atoms with van der Waals surface area (Å²) >= 11 is 0.877. The Morgan fingerprint density at radius 3 is 2.77 bits per heavy atom. The molecule has 1 saturated heterocycles. The molecule has 0 aliphatic carbocycles. The van der Waals surface area contributed by atoms with Crippen LogP contribution in [0.4, 0.5) is 10.8 Å². The molecule has 0 unspecified atom stereocenters. The highest BCUT2D eigenvalue weighted by atomic mass is 32.2. The lowest BCUT2D eigenvalue weighted by atomic mass is 10.1. The van der Waals surface area contributed by atoms with Gasteiger partial charge in [-0.05, 0) is 62.4 Å². The van der Waals surface area contributed by atoms with Gasteiger partial charge in [0, 0.05) is 18.3 Å². The molecule has 1 aliphatic rings. The summed E-state index contributed by atoms with van der Waals surface area (Å²) in [6.45, 7) is 6.56. The highest BCUT2D eigenvalue weighted by Crippen LogP contribution is 2.34. The largest absolute Gasteiger partial charge is 0.487 e. The first-order valence-electron chi connectivity index (χ1n) is 9.49. The molecule has 0 atom stereocenters. The van der Waals surface area contributed by atoms with E-state index in [9.17, 15) is 9.59 Å². The topological polar surface area (TPSA) is 106 Å². The second-order valence-electron chi connectivity index (χ2n) is 6.87. The number of rotatable bonds is 6. The normalized spacial score (nSPS) is 15.3. The molecule has 9 heteroatoms. The number of carbonyl (C=O) groups excluding carboxylic acids is 2. The van der Waals surface area contributed by atoms with Crippen molar-refractivity contribution in [1.29, 1.82) is 0 Å². The predicted molar refractivity (Wildman–Crippen MR) is 116 cm³/mol. The molecule has 3 heterocycles. The summed E-state index contributed by atoms with van der Waals surface area (Å²) in [6.07, 6.45) is 3.26. The minimum Gasteiger partial charge on any atom is -0.487 e. The fraction of sp³-hybridized carbons (Fsp3) is 0.238. The van der Waals surface area contributed by atoms with E-state index in [1.165, 1.54) is 0 Å². The molecular weight excluding hydrogens is 404 g/mol. The van der Waals surface area contributed by atoms with Gasteiger partial charge in [0.15, 0.2) is 11.3 Å². The summed E-state index contributed by atoms with van der Waals surface area (Å²) in [5, 5.41) is 4.94. The average molecular weight is 424 g/mol. The Morgan fingerprint density at radius 2 is 2.13 bits per heavy atom. The maximum Gasteiger partial charge on any atom is 0.295 e. The molecule has 0 saturated carbocycles. The first-order chi connectivity index (χ1) is 14.4. The molecule has 30 heavy (non-hydrogen) atoms. The third kappa shape index (κ3) is 4.16. The van der Waals surface area contributed by atoms with Crippen LogP contribution < -0.4 is 15.4 Å². The zero-order valence-electron chi connectivity index (χ0n) is 16.7. The van der Waals surface area contributed by atoms with Gasteiger partial charge >= 0.3 is 0 Å². The molecule has 1 aliphatic heterocycles. The number of amides is 2. The highest BCUT2D eigenvalue weighted by Gasteiger charge is 2.25. The van der Waals surface area contributed by atoms with E-state index in [0.29, 0.717) is 34.3 Å². The van der Waals surface area contributed by atoms with E-state index in [-0.39, 0.29) is 11.3 Å². The Balaban J connectivity index is 1.69. The van der Waals surface area contributed by atoms with Crippen LogP contribution in [0.2, 0.25) is 0 Å². The Kier molecular flexibility index (Phi) is 5.45. The van der Waals surface area contributed by atoms with E-state index in [1.807, 2.05) is 45.0 Å². The van der Waals surface area contributed by atoms with Gasteiger partial charge in [-0.15, -0.1) is 0 Å². The second-order valence-corrected chi connectivity index (χ2v) is 7.88. The maximum absolute atomic E-state index is 11.7. The number of benzene rings is 1. The Bertz CT molecular complexity index is 1150. The number of hydrogen-bond donors (Lipinski definition) is 2. The van der Waals surface area contributed by atoms with Crippen LogP contribution in [0, 0.1) is 0 Å². The number of ether oxygens (including phenoxy) is 1. The fourth-order valence-corrected chi connectivity index (χ4v) is 3.63. The number of nitrogens with one attached hydrogen (secondary N) is 2. The molecule has 1 fully saturated rings. The third-order valence-electron chi connectivity index (χ3n) is 4.17. The van der Waals surface area contributed by atoms with Crippen molar-refractivity contribution in [1.82, 2.24) is 15.3 Å². The summed E-state index contributed by atoms with van der Waals surface area (Å²) in [6, 6.07) is 7.90. The smallest absolute Gasteiger partial charge is 0.295 e. The van der Waals surface area contributed by atoms with Crippen LogP contribution >= 0.6 is 11.8 Å². The van der Waals surface area contributed by atoms with Crippen molar-refractivity contribution in [2.45, 2.75) is 26.9 Å². The molecule has 154 valence electrons. The Hall–Kier alpha value is -3.33. The van der Waals surface area contributed by atoms with Gasteiger partial charge in [0.1, 0.15) is 5.52 Å². The van der Waals surface area contributed by atoms with Crippen LogP contribution in [0.15, 0.2) is 39.8 Å². The van der Waals surface area contributed by atoms with Crippen LogP contribution in [0.5, 0.6) is 5.75 Å². The van der Waals surface area contributed by atoms with Gasteiger partial charge in [-0.3, -0.25) is 19.9 Å². The number of thioether (sulfide) groups is 1. The lowest BCUT2D eigenvalue weighted by molar-refractivity contribution is -0.115. The van der Waals surface area contributed by atoms with Gasteiger partial charge < -0.3 is 14.5 Å². The van der Waals surface area contributed by atoms with Gasteiger partial charge in [-0.2, -0.15) is 4.98 Å². The quantitative estimate of drug-likeness (QED) is 0.560. The number of oxazole rings is 1. The van der Waals surface area contributed by atoms with Gasteiger partial charge in [0.05, 0.1) is 16.7 Å². The van der Waals surface area contributed by atoms with Crippen molar-refractivity contribution in [2.75, 3.05) is 11.9 Å². The van der Waals surface area contributed by atoms with Crippen molar-refractivity contribution in [3.63, 3.8) is 0 Å². The number of fused-ring (bicyclic) bond motifs is 1. The van der Waals surface area contributed by atoms with E-state index < -0.39 is 5.91 Å². The zero-order chi connectivity index (χ0) is 21.3. The van der Waals surface area contributed by atoms with E-state index in [0.717, 1.165) is 28.6 Å². The SMILES string of the molecule is CCNc1nc2cc(-c3ccc(/C=C4\SC(=O)NC4=O)cn3)cc(OC(C)C)c2o1.